The van der Waals surface area contributed by atoms with E-state index in [4.69, 9.17) is 0 Å². The van der Waals surface area contributed by atoms with Crippen LogP contribution in [0.1, 0.15) is 27.2 Å². The zero-order valence-electron chi connectivity index (χ0n) is 9.73. The van der Waals surface area contributed by atoms with Crippen molar-refractivity contribution in [2.45, 2.75) is 39.5 Å². The molecule has 1 atom stereocenters. The second-order valence-corrected chi connectivity index (χ2v) is 5.01. The van der Waals surface area contributed by atoms with Crippen LogP contribution in [-0.4, -0.2) is 42.4 Å². The molecule has 0 radical (unpaired) electrons. The summed E-state index contributed by atoms with van der Waals surface area (Å²) < 4.78 is 35.7. The van der Waals surface area contributed by atoms with Gasteiger partial charge in [0.25, 0.3) is 0 Å². The fourth-order valence-corrected chi connectivity index (χ4v) is 0.978. The maximum Gasteiger partial charge on any atom is 0.390 e. The van der Waals surface area contributed by atoms with Crippen LogP contribution in [0.15, 0.2) is 0 Å². The molecular formula is C10H20F3NO. The number of halogens is 3. The number of nitrogens with zero attached hydrogens (tertiary/aromatic N) is 1. The third kappa shape index (κ3) is 7.62. The van der Waals surface area contributed by atoms with E-state index in [2.05, 4.69) is 0 Å². The summed E-state index contributed by atoms with van der Waals surface area (Å²) in [6, 6.07) is 0. The standard InChI is InChI=1S/C10H20F3NO/c1-9(2,3)8(15)7-14(4)6-5-10(11,12)13/h8,15H,5-7H2,1-4H3. The molecule has 5 heteroatoms. The number of alkyl halides is 3. The molecule has 0 aromatic heterocycles. The Kier molecular flexibility index (Phi) is 5.06. The van der Waals surface area contributed by atoms with Crippen LogP contribution in [0.5, 0.6) is 0 Å². The third-order valence-electron chi connectivity index (χ3n) is 2.26. The molecule has 1 unspecified atom stereocenters. The molecule has 0 aliphatic rings. The van der Waals surface area contributed by atoms with Gasteiger partial charge in [0, 0.05) is 13.1 Å². The normalized spacial score (nSPS) is 15.8. The highest BCUT2D eigenvalue weighted by Gasteiger charge is 2.28. The number of rotatable bonds is 4. The Morgan fingerprint density at radius 3 is 2.00 bits per heavy atom. The van der Waals surface area contributed by atoms with E-state index >= 15 is 0 Å². The van der Waals surface area contributed by atoms with Gasteiger partial charge in [0.05, 0.1) is 12.5 Å². The maximum absolute atomic E-state index is 11.9. The molecule has 0 spiro atoms. The van der Waals surface area contributed by atoms with Gasteiger partial charge in [0.15, 0.2) is 0 Å². The topological polar surface area (TPSA) is 23.5 Å². The zero-order chi connectivity index (χ0) is 12.3. The van der Waals surface area contributed by atoms with Crippen LogP contribution in [0.2, 0.25) is 0 Å². The van der Waals surface area contributed by atoms with E-state index < -0.39 is 18.7 Å². The minimum absolute atomic E-state index is 0.0728. The van der Waals surface area contributed by atoms with Crippen molar-refractivity contribution in [3.8, 4) is 0 Å². The van der Waals surface area contributed by atoms with Crippen molar-refractivity contribution in [2.24, 2.45) is 5.41 Å². The second-order valence-electron chi connectivity index (χ2n) is 5.01. The van der Waals surface area contributed by atoms with E-state index in [9.17, 15) is 18.3 Å². The Hall–Kier alpha value is -0.290. The lowest BCUT2D eigenvalue weighted by molar-refractivity contribution is -0.138. The molecule has 92 valence electrons. The lowest BCUT2D eigenvalue weighted by Gasteiger charge is -2.30. The van der Waals surface area contributed by atoms with Crippen molar-refractivity contribution < 1.29 is 18.3 Å². The Morgan fingerprint density at radius 2 is 1.67 bits per heavy atom. The van der Waals surface area contributed by atoms with E-state index in [0.29, 0.717) is 0 Å². The number of aliphatic hydroxyl groups excluding tert-OH is 1. The van der Waals surface area contributed by atoms with Gasteiger partial charge in [-0.2, -0.15) is 13.2 Å². The van der Waals surface area contributed by atoms with Gasteiger partial charge in [-0.25, -0.2) is 0 Å². The Morgan fingerprint density at radius 1 is 1.20 bits per heavy atom. The van der Waals surface area contributed by atoms with Gasteiger partial charge in [-0.3, -0.25) is 0 Å². The Balaban J connectivity index is 3.89. The highest BCUT2D eigenvalue weighted by Crippen LogP contribution is 2.22. The van der Waals surface area contributed by atoms with E-state index in [-0.39, 0.29) is 18.5 Å². The predicted molar refractivity (Wildman–Crippen MR) is 53.6 cm³/mol. The lowest BCUT2D eigenvalue weighted by Crippen LogP contribution is -2.38. The summed E-state index contributed by atoms with van der Waals surface area (Å²) in [5.41, 5.74) is -0.299. The first-order chi connectivity index (χ1) is 6.52. The van der Waals surface area contributed by atoms with Crippen molar-refractivity contribution in [3.63, 3.8) is 0 Å². The van der Waals surface area contributed by atoms with Gasteiger partial charge < -0.3 is 10.0 Å². The summed E-state index contributed by atoms with van der Waals surface area (Å²) in [5, 5.41) is 9.66. The largest absolute Gasteiger partial charge is 0.391 e. The van der Waals surface area contributed by atoms with Crippen LogP contribution < -0.4 is 0 Å². The minimum atomic E-state index is -4.12. The fraction of sp³-hybridized carbons (Fsp3) is 1.00. The molecule has 0 heterocycles. The molecule has 0 amide bonds. The molecule has 0 saturated heterocycles. The number of likely N-dealkylation sites (N-methyl/N-ethyl adjacent to an activating group) is 1. The van der Waals surface area contributed by atoms with Crippen LogP contribution in [0.3, 0.4) is 0 Å². The molecule has 0 fully saturated rings. The molecule has 0 bridgehead atoms. The van der Waals surface area contributed by atoms with Gasteiger partial charge in [0.1, 0.15) is 0 Å². The third-order valence-corrected chi connectivity index (χ3v) is 2.26. The van der Waals surface area contributed by atoms with Crippen molar-refractivity contribution in [2.75, 3.05) is 20.1 Å². The summed E-state index contributed by atoms with van der Waals surface area (Å²) in [7, 11) is 1.58. The SMILES string of the molecule is CN(CCC(F)(F)F)CC(O)C(C)(C)C. The van der Waals surface area contributed by atoms with E-state index in [0.717, 1.165) is 0 Å². The number of aliphatic hydroxyl groups is 1. The highest BCUT2D eigenvalue weighted by molar-refractivity contribution is 4.75. The predicted octanol–water partition coefficient (Wildman–Crippen LogP) is 2.28. The van der Waals surface area contributed by atoms with Gasteiger partial charge >= 0.3 is 6.18 Å². The Bertz CT molecular complexity index is 186. The molecule has 0 aliphatic heterocycles. The lowest BCUT2D eigenvalue weighted by atomic mass is 9.89. The van der Waals surface area contributed by atoms with Crippen LogP contribution in [0.4, 0.5) is 13.2 Å². The summed E-state index contributed by atoms with van der Waals surface area (Å²) in [5.74, 6) is 0. The van der Waals surface area contributed by atoms with Crippen LogP contribution in [-0.2, 0) is 0 Å². The van der Waals surface area contributed by atoms with Gasteiger partial charge in [-0.1, -0.05) is 20.8 Å². The van der Waals surface area contributed by atoms with Crippen molar-refractivity contribution >= 4 is 0 Å². The van der Waals surface area contributed by atoms with E-state index in [1.54, 1.807) is 7.05 Å². The summed E-state index contributed by atoms with van der Waals surface area (Å²) in [6.45, 7) is 5.76. The first-order valence-corrected chi connectivity index (χ1v) is 4.96. The summed E-state index contributed by atoms with van der Waals surface area (Å²) in [6.07, 6.45) is -5.57. The molecule has 0 aromatic carbocycles. The maximum atomic E-state index is 11.9. The molecule has 15 heavy (non-hydrogen) atoms. The minimum Gasteiger partial charge on any atom is -0.391 e. The molecule has 0 rings (SSSR count). The van der Waals surface area contributed by atoms with Gasteiger partial charge in [0.2, 0.25) is 0 Å². The highest BCUT2D eigenvalue weighted by atomic mass is 19.4. The first kappa shape index (κ1) is 14.7. The van der Waals surface area contributed by atoms with Crippen LogP contribution in [0.25, 0.3) is 0 Å². The van der Waals surface area contributed by atoms with E-state index in [1.165, 1.54) is 4.90 Å². The first-order valence-electron chi connectivity index (χ1n) is 4.96. The van der Waals surface area contributed by atoms with Crippen LogP contribution >= 0.6 is 0 Å². The summed E-state index contributed by atoms with van der Waals surface area (Å²) in [4.78, 5) is 1.50. The number of hydrogen-bond acceptors (Lipinski definition) is 2. The van der Waals surface area contributed by atoms with Gasteiger partial charge in [-0.15, -0.1) is 0 Å². The smallest absolute Gasteiger partial charge is 0.390 e. The second kappa shape index (κ2) is 5.16. The van der Waals surface area contributed by atoms with Crippen molar-refractivity contribution in [1.29, 1.82) is 0 Å². The zero-order valence-corrected chi connectivity index (χ0v) is 9.73. The quantitative estimate of drug-likeness (QED) is 0.796. The van der Waals surface area contributed by atoms with Crippen LogP contribution in [0, 0.1) is 5.41 Å². The molecule has 0 aliphatic carbocycles. The summed E-state index contributed by atoms with van der Waals surface area (Å²) >= 11 is 0. The van der Waals surface area contributed by atoms with E-state index in [1.807, 2.05) is 20.8 Å². The van der Waals surface area contributed by atoms with Crippen molar-refractivity contribution in [1.82, 2.24) is 4.90 Å². The van der Waals surface area contributed by atoms with Crippen molar-refractivity contribution in [3.05, 3.63) is 0 Å². The Labute approximate surface area is 89.1 Å². The molecule has 2 nitrogen and oxygen atoms in total. The molecule has 0 aromatic rings. The fourth-order valence-electron chi connectivity index (χ4n) is 0.978. The van der Waals surface area contributed by atoms with Gasteiger partial charge in [-0.05, 0) is 12.5 Å². The number of hydrogen-bond donors (Lipinski definition) is 1. The average molecular weight is 227 g/mol. The molecular weight excluding hydrogens is 207 g/mol. The monoisotopic (exact) mass is 227 g/mol. The average Bonchev–Trinajstić information content (AvgIpc) is 1.97. The molecule has 1 N–H and O–H groups in total. The molecule has 0 saturated carbocycles.